The summed E-state index contributed by atoms with van der Waals surface area (Å²) in [5, 5.41) is 6.16. The average molecular weight is 283 g/mol. The number of amides is 1. The van der Waals surface area contributed by atoms with Crippen LogP contribution in [-0.4, -0.2) is 19.0 Å². The molecule has 3 nitrogen and oxygen atoms in total. The fourth-order valence-corrected chi connectivity index (χ4v) is 2.19. The molecule has 1 aliphatic rings. The number of hydrogen-bond donors (Lipinski definition) is 2. The maximum Gasteiger partial charge on any atom is 0.228 e. The smallest absolute Gasteiger partial charge is 0.228 e. The summed E-state index contributed by atoms with van der Waals surface area (Å²) in [5.41, 5.74) is 2.00. The summed E-state index contributed by atoms with van der Waals surface area (Å²) in [6, 6.07) is 5.94. The third-order valence-electron chi connectivity index (χ3n) is 2.81. The predicted octanol–water partition coefficient (Wildman–Crippen LogP) is 2.31. The number of carbonyl (C=O) groups is 1. The van der Waals surface area contributed by atoms with E-state index >= 15 is 0 Å². The Kier molecular flexibility index (Phi) is 3.61. The topological polar surface area (TPSA) is 41.1 Å². The summed E-state index contributed by atoms with van der Waals surface area (Å²) in [7, 11) is 0. The van der Waals surface area contributed by atoms with Crippen molar-refractivity contribution < 1.29 is 4.79 Å². The van der Waals surface area contributed by atoms with Crippen LogP contribution in [0.3, 0.4) is 0 Å². The molecule has 2 N–H and O–H groups in total. The minimum Gasteiger partial charge on any atom is -0.325 e. The zero-order valence-electron chi connectivity index (χ0n) is 9.22. The minimum absolute atomic E-state index is 0.104. The Hall–Kier alpha value is -0.870. The molecule has 0 aliphatic carbocycles. The van der Waals surface area contributed by atoms with Gasteiger partial charge >= 0.3 is 0 Å². The van der Waals surface area contributed by atoms with Crippen LogP contribution in [0.25, 0.3) is 0 Å². The number of rotatable bonds is 2. The lowest BCUT2D eigenvalue weighted by atomic mass is 10.1. The maximum atomic E-state index is 11.9. The van der Waals surface area contributed by atoms with Crippen molar-refractivity contribution in [2.75, 3.05) is 18.4 Å². The lowest BCUT2D eigenvalue weighted by molar-refractivity contribution is -0.119. The lowest BCUT2D eigenvalue weighted by Crippen LogP contribution is -2.24. The lowest BCUT2D eigenvalue weighted by Gasteiger charge is -2.11. The second-order valence-corrected chi connectivity index (χ2v) is 5.02. The zero-order chi connectivity index (χ0) is 11.5. The highest BCUT2D eigenvalue weighted by molar-refractivity contribution is 9.10. The predicted molar refractivity (Wildman–Crippen MR) is 68.5 cm³/mol. The van der Waals surface area contributed by atoms with E-state index in [0.29, 0.717) is 0 Å². The molecule has 0 saturated carbocycles. The SMILES string of the molecule is Cc1ccc(Br)c(NC(=O)C2CCNC2)c1. The standard InChI is InChI=1S/C12H15BrN2O/c1-8-2-3-10(13)11(6-8)15-12(16)9-4-5-14-7-9/h2-3,6,9,14H,4-5,7H2,1H3,(H,15,16). The van der Waals surface area contributed by atoms with Crippen LogP contribution in [0.15, 0.2) is 22.7 Å². The molecule has 0 spiro atoms. The van der Waals surface area contributed by atoms with E-state index in [2.05, 4.69) is 26.6 Å². The highest BCUT2D eigenvalue weighted by Crippen LogP contribution is 2.24. The van der Waals surface area contributed by atoms with E-state index in [0.717, 1.165) is 35.2 Å². The van der Waals surface area contributed by atoms with Crippen molar-refractivity contribution in [2.24, 2.45) is 5.92 Å². The average Bonchev–Trinajstić information content (AvgIpc) is 2.76. The summed E-state index contributed by atoms with van der Waals surface area (Å²) in [4.78, 5) is 11.9. The molecule has 2 rings (SSSR count). The molecule has 86 valence electrons. The van der Waals surface area contributed by atoms with Crippen LogP contribution in [0, 0.1) is 12.8 Å². The van der Waals surface area contributed by atoms with Gasteiger partial charge in [0.05, 0.1) is 11.6 Å². The molecule has 1 aromatic rings. The molecule has 1 fully saturated rings. The van der Waals surface area contributed by atoms with Gasteiger partial charge in [-0.05, 0) is 53.5 Å². The normalized spacial score (nSPS) is 19.8. The second kappa shape index (κ2) is 4.97. The number of hydrogen-bond acceptors (Lipinski definition) is 2. The molecule has 1 amide bonds. The van der Waals surface area contributed by atoms with Gasteiger partial charge in [0.2, 0.25) is 5.91 Å². The number of anilines is 1. The number of benzene rings is 1. The Labute approximate surface area is 104 Å². The first-order chi connectivity index (χ1) is 7.66. The Morgan fingerprint density at radius 1 is 1.56 bits per heavy atom. The molecule has 0 bridgehead atoms. The van der Waals surface area contributed by atoms with Gasteiger partial charge in [-0.15, -0.1) is 0 Å². The van der Waals surface area contributed by atoms with Crippen LogP contribution in [-0.2, 0) is 4.79 Å². The molecule has 0 aromatic heterocycles. The van der Waals surface area contributed by atoms with Gasteiger partial charge in [-0.25, -0.2) is 0 Å². The highest BCUT2D eigenvalue weighted by atomic mass is 79.9. The summed E-state index contributed by atoms with van der Waals surface area (Å²) in [6.45, 7) is 3.74. The van der Waals surface area contributed by atoms with Crippen molar-refractivity contribution in [3.05, 3.63) is 28.2 Å². The van der Waals surface area contributed by atoms with Crippen molar-refractivity contribution >= 4 is 27.5 Å². The molecule has 16 heavy (non-hydrogen) atoms. The van der Waals surface area contributed by atoms with Gasteiger partial charge in [0.15, 0.2) is 0 Å². The van der Waals surface area contributed by atoms with Gasteiger partial charge in [-0.3, -0.25) is 4.79 Å². The molecule has 0 radical (unpaired) electrons. The third kappa shape index (κ3) is 2.62. The van der Waals surface area contributed by atoms with Crippen molar-refractivity contribution in [1.29, 1.82) is 0 Å². The van der Waals surface area contributed by atoms with E-state index in [1.807, 2.05) is 25.1 Å². The van der Waals surface area contributed by atoms with Crippen LogP contribution in [0.5, 0.6) is 0 Å². The van der Waals surface area contributed by atoms with E-state index in [1.165, 1.54) is 0 Å². The summed E-state index contributed by atoms with van der Waals surface area (Å²) in [5.74, 6) is 0.212. The molecule has 1 aromatic carbocycles. The quantitative estimate of drug-likeness (QED) is 0.874. The van der Waals surface area contributed by atoms with Crippen molar-refractivity contribution in [3.63, 3.8) is 0 Å². The first-order valence-corrected chi connectivity index (χ1v) is 6.24. The minimum atomic E-state index is 0.104. The van der Waals surface area contributed by atoms with Crippen molar-refractivity contribution in [3.8, 4) is 0 Å². The summed E-state index contributed by atoms with van der Waals surface area (Å²) >= 11 is 3.44. The monoisotopic (exact) mass is 282 g/mol. The zero-order valence-corrected chi connectivity index (χ0v) is 10.8. The molecular formula is C12H15BrN2O. The van der Waals surface area contributed by atoms with Crippen LogP contribution < -0.4 is 10.6 Å². The van der Waals surface area contributed by atoms with E-state index < -0.39 is 0 Å². The Morgan fingerprint density at radius 2 is 2.38 bits per heavy atom. The van der Waals surface area contributed by atoms with Gasteiger partial charge in [-0.1, -0.05) is 6.07 Å². The van der Waals surface area contributed by atoms with Gasteiger partial charge in [0.25, 0.3) is 0 Å². The van der Waals surface area contributed by atoms with Crippen molar-refractivity contribution in [2.45, 2.75) is 13.3 Å². The maximum absolute atomic E-state index is 11.9. The molecule has 4 heteroatoms. The van der Waals surface area contributed by atoms with E-state index in [1.54, 1.807) is 0 Å². The Morgan fingerprint density at radius 3 is 3.06 bits per heavy atom. The van der Waals surface area contributed by atoms with Gasteiger partial charge in [0.1, 0.15) is 0 Å². The van der Waals surface area contributed by atoms with E-state index in [4.69, 9.17) is 0 Å². The summed E-state index contributed by atoms with van der Waals surface area (Å²) < 4.78 is 0.928. The highest BCUT2D eigenvalue weighted by Gasteiger charge is 2.22. The molecule has 1 heterocycles. The fraction of sp³-hybridized carbons (Fsp3) is 0.417. The van der Waals surface area contributed by atoms with Gasteiger partial charge in [-0.2, -0.15) is 0 Å². The van der Waals surface area contributed by atoms with Crippen molar-refractivity contribution in [1.82, 2.24) is 5.32 Å². The third-order valence-corrected chi connectivity index (χ3v) is 3.50. The molecule has 1 saturated heterocycles. The van der Waals surface area contributed by atoms with Gasteiger partial charge < -0.3 is 10.6 Å². The molecule has 1 aliphatic heterocycles. The van der Waals surface area contributed by atoms with Crippen LogP contribution >= 0.6 is 15.9 Å². The van der Waals surface area contributed by atoms with Gasteiger partial charge in [0, 0.05) is 11.0 Å². The number of aryl methyl sites for hydroxylation is 1. The van der Waals surface area contributed by atoms with E-state index in [9.17, 15) is 4.79 Å². The van der Waals surface area contributed by atoms with E-state index in [-0.39, 0.29) is 11.8 Å². The molecule has 1 unspecified atom stereocenters. The largest absolute Gasteiger partial charge is 0.325 e. The Bertz CT molecular complexity index is 400. The van der Waals surface area contributed by atoms with Crippen LogP contribution in [0.1, 0.15) is 12.0 Å². The number of nitrogens with one attached hydrogen (secondary N) is 2. The Balaban J connectivity index is 2.07. The molecule has 1 atom stereocenters. The molecular weight excluding hydrogens is 268 g/mol. The first kappa shape index (κ1) is 11.6. The van der Waals surface area contributed by atoms with Crippen LogP contribution in [0.4, 0.5) is 5.69 Å². The number of halogens is 1. The fourth-order valence-electron chi connectivity index (χ4n) is 1.85. The second-order valence-electron chi connectivity index (χ2n) is 4.16. The number of carbonyl (C=O) groups excluding carboxylic acids is 1. The van der Waals surface area contributed by atoms with Crippen LogP contribution in [0.2, 0.25) is 0 Å². The summed E-state index contributed by atoms with van der Waals surface area (Å²) in [6.07, 6.45) is 0.926. The first-order valence-electron chi connectivity index (χ1n) is 5.44.